The number of amides is 2. The van der Waals surface area contributed by atoms with E-state index >= 15 is 0 Å². The number of nitrogens with one attached hydrogen (secondary N) is 2. The quantitative estimate of drug-likeness (QED) is 0.833. The number of carbonyl (C=O) groups is 1. The van der Waals surface area contributed by atoms with Crippen molar-refractivity contribution in [3.63, 3.8) is 0 Å². The summed E-state index contributed by atoms with van der Waals surface area (Å²) in [7, 11) is 3.18. The smallest absolute Gasteiger partial charge is 0.319 e. The van der Waals surface area contributed by atoms with E-state index in [2.05, 4.69) is 10.6 Å². The molecule has 5 nitrogen and oxygen atoms in total. The van der Waals surface area contributed by atoms with Crippen molar-refractivity contribution in [3.8, 4) is 11.5 Å². The molecule has 1 atom stereocenters. The van der Waals surface area contributed by atoms with E-state index < -0.39 is 0 Å². The lowest BCUT2D eigenvalue weighted by molar-refractivity contribution is 0.249. The molecule has 0 saturated heterocycles. The van der Waals surface area contributed by atoms with Gasteiger partial charge in [-0.1, -0.05) is 17.7 Å². The van der Waals surface area contributed by atoms with Crippen LogP contribution in [0.25, 0.3) is 0 Å². The molecular weight excluding hydrogens is 328 g/mol. The molecule has 0 aromatic heterocycles. The van der Waals surface area contributed by atoms with Gasteiger partial charge < -0.3 is 20.1 Å². The number of rotatable bonds is 5. The van der Waals surface area contributed by atoms with Gasteiger partial charge in [-0.15, -0.1) is 0 Å². The summed E-state index contributed by atoms with van der Waals surface area (Å²) in [5.41, 5.74) is 2.41. The van der Waals surface area contributed by atoms with Gasteiger partial charge in [0.05, 0.1) is 31.0 Å². The molecule has 2 N–H and O–H groups in total. The van der Waals surface area contributed by atoms with E-state index in [1.54, 1.807) is 38.5 Å². The number of ether oxygens (including phenoxy) is 2. The molecule has 24 heavy (non-hydrogen) atoms. The van der Waals surface area contributed by atoms with Gasteiger partial charge in [0.1, 0.15) is 11.5 Å². The van der Waals surface area contributed by atoms with E-state index in [9.17, 15) is 4.79 Å². The number of carbonyl (C=O) groups excluding carboxylic acids is 1. The molecule has 2 amide bonds. The summed E-state index contributed by atoms with van der Waals surface area (Å²) in [6, 6.07) is 10.3. The first-order valence-corrected chi connectivity index (χ1v) is 7.88. The number of halogens is 1. The SMILES string of the molecule is COc1ccc(OC)c(C(C)NC(=O)Nc2ccc(C)cc2Cl)c1. The molecule has 2 aromatic rings. The monoisotopic (exact) mass is 348 g/mol. The van der Waals surface area contributed by atoms with Gasteiger partial charge in [0.15, 0.2) is 0 Å². The fourth-order valence-electron chi connectivity index (χ4n) is 2.33. The lowest BCUT2D eigenvalue weighted by atomic mass is 10.1. The van der Waals surface area contributed by atoms with Crippen LogP contribution < -0.4 is 20.1 Å². The third-order valence-corrected chi connectivity index (χ3v) is 3.94. The van der Waals surface area contributed by atoms with Gasteiger partial charge in [0, 0.05) is 5.56 Å². The standard InChI is InChI=1S/C18H21ClN2O3/c1-11-5-7-16(15(19)9-11)21-18(22)20-12(2)14-10-13(23-3)6-8-17(14)24-4/h5-10,12H,1-4H3,(H2,20,21,22). The van der Waals surface area contributed by atoms with Crippen molar-refractivity contribution in [3.05, 3.63) is 52.5 Å². The maximum Gasteiger partial charge on any atom is 0.319 e. The van der Waals surface area contributed by atoms with Crippen LogP contribution in [0, 0.1) is 6.92 Å². The predicted octanol–water partition coefficient (Wildman–Crippen LogP) is 4.55. The minimum absolute atomic E-state index is 0.278. The maximum atomic E-state index is 12.2. The molecule has 0 aliphatic carbocycles. The molecule has 2 aromatic carbocycles. The highest BCUT2D eigenvalue weighted by Crippen LogP contribution is 2.29. The summed E-state index contributed by atoms with van der Waals surface area (Å²) in [4.78, 5) is 12.2. The van der Waals surface area contributed by atoms with E-state index in [0.29, 0.717) is 22.2 Å². The highest BCUT2D eigenvalue weighted by Gasteiger charge is 2.16. The van der Waals surface area contributed by atoms with Crippen molar-refractivity contribution < 1.29 is 14.3 Å². The van der Waals surface area contributed by atoms with Crippen LogP contribution in [-0.2, 0) is 0 Å². The third-order valence-electron chi connectivity index (χ3n) is 3.62. The Hall–Kier alpha value is -2.40. The van der Waals surface area contributed by atoms with Crippen molar-refractivity contribution in [1.29, 1.82) is 0 Å². The van der Waals surface area contributed by atoms with Crippen molar-refractivity contribution in [2.24, 2.45) is 0 Å². The average Bonchev–Trinajstić information content (AvgIpc) is 2.56. The zero-order chi connectivity index (χ0) is 17.7. The molecule has 0 heterocycles. The van der Waals surface area contributed by atoms with Gasteiger partial charge in [-0.3, -0.25) is 0 Å². The second-order valence-electron chi connectivity index (χ2n) is 5.41. The fraction of sp³-hybridized carbons (Fsp3) is 0.278. The Morgan fingerprint density at radius 1 is 1.12 bits per heavy atom. The van der Waals surface area contributed by atoms with Crippen LogP contribution in [0.15, 0.2) is 36.4 Å². The van der Waals surface area contributed by atoms with E-state index in [4.69, 9.17) is 21.1 Å². The highest BCUT2D eigenvalue weighted by molar-refractivity contribution is 6.33. The molecule has 0 radical (unpaired) electrons. The Bertz CT molecular complexity index is 734. The molecule has 0 aliphatic rings. The third kappa shape index (κ3) is 4.32. The first-order valence-electron chi connectivity index (χ1n) is 7.50. The minimum atomic E-state index is -0.349. The van der Waals surface area contributed by atoms with Crippen LogP contribution >= 0.6 is 11.6 Å². The molecule has 0 spiro atoms. The van der Waals surface area contributed by atoms with Crippen LogP contribution in [0.2, 0.25) is 5.02 Å². The Morgan fingerprint density at radius 2 is 1.88 bits per heavy atom. The summed E-state index contributed by atoms with van der Waals surface area (Å²) in [5.74, 6) is 1.37. The zero-order valence-electron chi connectivity index (χ0n) is 14.1. The van der Waals surface area contributed by atoms with Crippen LogP contribution in [0.4, 0.5) is 10.5 Å². The average molecular weight is 349 g/mol. The van der Waals surface area contributed by atoms with Crippen LogP contribution in [0.3, 0.4) is 0 Å². The molecule has 128 valence electrons. The molecule has 2 rings (SSSR count). The zero-order valence-corrected chi connectivity index (χ0v) is 14.9. The number of hydrogen-bond donors (Lipinski definition) is 2. The van der Waals surface area contributed by atoms with Crippen LogP contribution in [0.1, 0.15) is 24.1 Å². The Balaban J connectivity index is 2.11. The highest BCUT2D eigenvalue weighted by atomic mass is 35.5. The number of methoxy groups -OCH3 is 2. The molecule has 1 unspecified atom stereocenters. The molecule has 6 heteroatoms. The maximum absolute atomic E-state index is 12.2. The summed E-state index contributed by atoms with van der Waals surface area (Å²) < 4.78 is 10.6. The van der Waals surface area contributed by atoms with Gasteiger partial charge in [-0.05, 0) is 49.7 Å². The second kappa shape index (κ2) is 7.93. The van der Waals surface area contributed by atoms with Gasteiger partial charge in [-0.2, -0.15) is 0 Å². The van der Waals surface area contributed by atoms with Crippen molar-refractivity contribution in [1.82, 2.24) is 5.32 Å². The van der Waals surface area contributed by atoms with Crippen molar-refractivity contribution in [2.45, 2.75) is 19.9 Å². The van der Waals surface area contributed by atoms with Gasteiger partial charge in [-0.25, -0.2) is 4.79 Å². The van der Waals surface area contributed by atoms with E-state index in [1.165, 1.54) is 0 Å². The number of benzene rings is 2. The minimum Gasteiger partial charge on any atom is -0.497 e. The normalized spacial score (nSPS) is 11.5. The fourth-order valence-corrected chi connectivity index (χ4v) is 2.61. The van der Waals surface area contributed by atoms with E-state index in [-0.39, 0.29) is 12.1 Å². The van der Waals surface area contributed by atoms with E-state index in [1.807, 2.05) is 26.0 Å². The van der Waals surface area contributed by atoms with Crippen LogP contribution in [-0.4, -0.2) is 20.3 Å². The van der Waals surface area contributed by atoms with E-state index in [0.717, 1.165) is 11.1 Å². The first-order chi connectivity index (χ1) is 11.4. The lowest BCUT2D eigenvalue weighted by Gasteiger charge is -2.19. The first kappa shape index (κ1) is 17.9. The van der Waals surface area contributed by atoms with Crippen molar-refractivity contribution in [2.75, 3.05) is 19.5 Å². The molecular formula is C18H21ClN2O3. The largest absolute Gasteiger partial charge is 0.497 e. The van der Waals surface area contributed by atoms with Gasteiger partial charge in [0.25, 0.3) is 0 Å². The number of urea groups is 1. The van der Waals surface area contributed by atoms with Gasteiger partial charge >= 0.3 is 6.03 Å². The lowest BCUT2D eigenvalue weighted by Crippen LogP contribution is -2.31. The number of anilines is 1. The summed E-state index contributed by atoms with van der Waals surface area (Å²) in [6.45, 7) is 3.81. The number of aryl methyl sites for hydroxylation is 1. The summed E-state index contributed by atoms with van der Waals surface area (Å²) in [6.07, 6.45) is 0. The number of hydrogen-bond acceptors (Lipinski definition) is 3. The Kier molecular flexibility index (Phi) is 5.93. The Labute approximate surface area is 146 Å². The molecule has 0 fully saturated rings. The Morgan fingerprint density at radius 3 is 2.50 bits per heavy atom. The second-order valence-corrected chi connectivity index (χ2v) is 5.82. The van der Waals surface area contributed by atoms with Crippen LogP contribution in [0.5, 0.6) is 11.5 Å². The summed E-state index contributed by atoms with van der Waals surface area (Å²) in [5, 5.41) is 6.12. The van der Waals surface area contributed by atoms with Gasteiger partial charge in [0.2, 0.25) is 0 Å². The molecule has 0 aliphatic heterocycles. The molecule has 0 bridgehead atoms. The summed E-state index contributed by atoms with van der Waals surface area (Å²) >= 11 is 6.14. The molecule has 0 saturated carbocycles. The predicted molar refractivity (Wildman–Crippen MR) is 96.3 cm³/mol. The topological polar surface area (TPSA) is 59.6 Å². The van der Waals surface area contributed by atoms with Crippen molar-refractivity contribution >= 4 is 23.3 Å².